The summed E-state index contributed by atoms with van der Waals surface area (Å²) in [5.41, 5.74) is 0. The second-order valence-corrected chi connectivity index (χ2v) is 2.74. The molecule has 1 amide bonds. The van der Waals surface area contributed by atoms with Crippen molar-refractivity contribution in [1.82, 2.24) is 10.6 Å². The van der Waals surface area contributed by atoms with E-state index in [2.05, 4.69) is 23.3 Å². The molecule has 0 unspecified atom stereocenters. The molecule has 0 atom stereocenters. The van der Waals surface area contributed by atoms with Crippen LogP contribution in [0.5, 0.6) is 0 Å². The van der Waals surface area contributed by atoms with Crippen LogP contribution in [0.1, 0.15) is 6.42 Å². The summed E-state index contributed by atoms with van der Waals surface area (Å²) in [6, 6.07) is 0. The van der Waals surface area contributed by atoms with Crippen molar-refractivity contribution in [3.05, 3.63) is 0 Å². The maximum atomic E-state index is 10.9. The highest BCUT2D eigenvalue weighted by molar-refractivity contribution is 7.80. The Labute approximate surface area is 78.1 Å². The number of amides is 1. The Morgan fingerprint density at radius 2 is 2.08 bits per heavy atom. The number of hydrogen-bond donors (Lipinski definition) is 4. The fourth-order valence-electron chi connectivity index (χ4n) is 0.690. The molecule has 72 valence electrons. The van der Waals surface area contributed by atoms with Crippen LogP contribution >= 0.6 is 12.6 Å². The lowest BCUT2D eigenvalue weighted by molar-refractivity contribution is -0.121. The fraction of sp³-hybridized carbons (Fsp3) is 0.857. The van der Waals surface area contributed by atoms with Crippen LogP contribution in [0, 0.1) is 0 Å². The molecule has 4 nitrogen and oxygen atoms in total. The first-order valence-corrected chi connectivity index (χ1v) is 4.63. The minimum absolute atomic E-state index is 0.00416. The molecule has 3 N–H and O–H groups in total. The first kappa shape index (κ1) is 11.7. The second kappa shape index (κ2) is 8.83. The van der Waals surface area contributed by atoms with E-state index in [1.165, 1.54) is 0 Å². The number of aliphatic hydroxyl groups excluding tert-OH is 1. The smallest absolute Gasteiger partial charge is 0.221 e. The van der Waals surface area contributed by atoms with E-state index in [0.717, 1.165) is 12.3 Å². The van der Waals surface area contributed by atoms with Gasteiger partial charge >= 0.3 is 0 Å². The third-order valence-corrected chi connectivity index (χ3v) is 1.47. The van der Waals surface area contributed by atoms with Gasteiger partial charge in [0.1, 0.15) is 0 Å². The van der Waals surface area contributed by atoms with Crippen LogP contribution in [0.2, 0.25) is 0 Å². The zero-order valence-corrected chi connectivity index (χ0v) is 7.94. The summed E-state index contributed by atoms with van der Waals surface area (Å²) in [4.78, 5) is 10.9. The van der Waals surface area contributed by atoms with E-state index in [1.54, 1.807) is 0 Å². The van der Waals surface area contributed by atoms with Crippen LogP contribution in [0.25, 0.3) is 0 Å². The number of thiol groups is 1. The normalized spacial score (nSPS) is 9.83. The highest BCUT2D eigenvalue weighted by Crippen LogP contribution is 1.77. The molecule has 0 bridgehead atoms. The van der Waals surface area contributed by atoms with E-state index in [1.807, 2.05) is 0 Å². The Bertz CT molecular complexity index is 122. The SMILES string of the molecule is O=C(CCNCCS)NCCO. The molecule has 0 radical (unpaired) electrons. The van der Waals surface area contributed by atoms with Gasteiger partial charge in [0, 0.05) is 31.8 Å². The zero-order chi connectivity index (χ0) is 9.23. The van der Waals surface area contributed by atoms with Gasteiger partial charge in [0.15, 0.2) is 0 Å². The number of carbonyl (C=O) groups is 1. The zero-order valence-electron chi connectivity index (χ0n) is 7.05. The second-order valence-electron chi connectivity index (χ2n) is 2.30. The van der Waals surface area contributed by atoms with Gasteiger partial charge in [-0.05, 0) is 0 Å². The van der Waals surface area contributed by atoms with E-state index in [0.29, 0.717) is 19.5 Å². The largest absolute Gasteiger partial charge is 0.395 e. The molecule has 0 spiro atoms. The van der Waals surface area contributed by atoms with Crippen LogP contribution < -0.4 is 10.6 Å². The molecule has 0 saturated heterocycles. The van der Waals surface area contributed by atoms with Crippen molar-refractivity contribution < 1.29 is 9.90 Å². The maximum Gasteiger partial charge on any atom is 0.221 e. The van der Waals surface area contributed by atoms with Gasteiger partial charge in [-0.3, -0.25) is 4.79 Å². The first-order chi connectivity index (χ1) is 5.81. The molecule has 0 heterocycles. The van der Waals surface area contributed by atoms with Crippen molar-refractivity contribution >= 4 is 18.5 Å². The highest BCUT2D eigenvalue weighted by Gasteiger charge is 1.97. The van der Waals surface area contributed by atoms with Crippen LogP contribution in [0.4, 0.5) is 0 Å². The maximum absolute atomic E-state index is 10.9. The van der Waals surface area contributed by atoms with Gasteiger partial charge < -0.3 is 15.7 Å². The molecular formula is C7H16N2O2S. The molecule has 0 rings (SSSR count). The minimum Gasteiger partial charge on any atom is -0.395 e. The number of carbonyl (C=O) groups excluding carboxylic acids is 1. The summed E-state index contributed by atoms with van der Waals surface area (Å²) < 4.78 is 0. The number of hydrogen-bond acceptors (Lipinski definition) is 4. The van der Waals surface area contributed by atoms with Crippen molar-refractivity contribution in [2.24, 2.45) is 0 Å². The molecule has 0 aromatic heterocycles. The lowest BCUT2D eigenvalue weighted by Gasteiger charge is -2.03. The summed E-state index contributed by atoms with van der Waals surface area (Å²) in [6.07, 6.45) is 0.452. The van der Waals surface area contributed by atoms with Gasteiger partial charge in [-0.2, -0.15) is 12.6 Å². The standard InChI is InChI=1S/C7H16N2O2S/c10-5-3-9-7(11)1-2-8-4-6-12/h8,10,12H,1-6H2,(H,9,11). The monoisotopic (exact) mass is 192 g/mol. The van der Waals surface area contributed by atoms with Crippen LogP contribution in [0.3, 0.4) is 0 Å². The molecule has 0 aromatic carbocycles. The lowest BCUT2D eigenvalue weighted by Crippen LogP contribution is -2.30. The Morgan fingerprint density at radius 3 is 2.67 bits per heavy atom. The number of aliphatic hydroxyl groups is 1. The highest BCUT2D eigenvalue weighted by atomic mass is 32.1. The van der Waals surface area contributed by atoms with Crippen molar-refractivity contribution in [1.29, 1.82) is 0 Å². The number of rotatable bonds is 7. The Morgan fingerprint density at radius 1 is 1.33 bits per heavy atom. The topological polar surface area (TPSA) is 61.4 Å². The van der Waals surface area contributed by atoms with Gasteiger partial charge in [-0.15, -0.1) is 0 Å². The van der Waals surface area contributed by atoms with Crippen molar-refractivity contribution in [2.45, 2.75) is 6.42 Å². The average molecular weight is 192 g/mol. The quantitative estimate of drug-likeness (QED) is 0.309. The van der Waals surface area contributed by atoms with Crippen molar-refractivity contribution in [2.75, 3.05) is 32.0 Å². The Hall–Kier alpha value is -0.260. The molecule has 0 aliphatic rings. The molecular weight excluding hydrogens is 176 g/mol. The van der Waals surface area contributed by atoms with E-state index < -0.39 is 0 Å². The predicted octanol–water partition coefficient (Wildman–Crippen LogP) is -0.996. The third-order valence-electron chi connectivity index (χ3n) is 1.25. The number of nitrogens with one attached hydrogen (secondary N) is 2. The van der Waals surface area contributed by atoms with E-state index in [-0.39, 0.29) is 12.5 Å². The predicted molar refractivity (Wildman–Crippen MR) is 51.4 cm³/mol. The molecule has 0 aromatic rings. The fourth-order valence-corrected chi connectivity index (χ4v) is 0.848. The van der Waals surface area contributed by atoms with Gasteiger partial charge in [-0.25, -0.2) is 0 Å². The van der Waals surface area contributed by atoms with Crippen LogP contribution in [-0.4, -0.2) is 43.0 Å². The molecule has 0 aliphatic heterocycles. The third kappa shape index (κ3) is 7.84. The summed E-state index contributed by atoms with van der Waals surface area (Å²) in [5.74, 6) is 0.744. The van der Waals surface area contributed by atoms with E-state index in [9.17, 15) is 4.79 Å². The molecule has 5 heteroatoms. The first-order valence-electron chi connectivity index (χ1n) is 4.00. The van der Waals surface area contributed by atoms with E-state index >= 15 is 0 Å². The summed E-state index contributed by atoms with van der Waals surface area (Å²) in [7, 11) is 0. The lowest BCUT2D eigenvalue weighted by atomic mass is 10.4. The molecule has 0 fully saturated rings. The van der Waals surface area contributed by atoms with Gasteiger partial charge in [0.2, 0.25) is 5.91 Å². The van der Waals surface area contributed by atoms with Crippen molar-refractivity contribution in [3.8, 4) is 0 Å². The van der Waals surface area contributed by atoms with Crippen LogP contribution in [0.15, 0.2) is 0 Å². The van der Waals surface area contributed by atoms with Gasteiger partial charge in [-0.1, -0.05) is 0 Å². The van der Waals surface area contributed by atoms with E-state index in [4.69, 9.17) is 5.11 Å². The molecule has 0 saturated carbocycles. The molecule has 12 heavy (non-hydrogen) atoms. The van der Waals surface area contributed by atoms with Crippen molar-refractivity contribution in [3.63, 3.8) is 0 Å². The average Bonchev–Trinajstić information content (AvgIpc) is 2.09. The van der Waals surface area contributed by atoms with Gasteiger partial charge in [0.25, 0.3) is 0 Å². The Balaban J connectivity index is 3.08. The summed E-state index contributed by atoms with van der Waals surface area (Å²) in [6.45, 7) is 1.81. The summed E-state index contributed by atoms with van der Waals surface area (Å²) in [5, 5.41) is 14.0. The van der Waals surface area contributed by atoms with Gasteiger partial charge in [0.05, 0.1) is 6.61 Å². The van der Waals surface area contributed by atoms with Crippen LogP contribution in [-0.2, 0) is 4.79 Å². The summed E-state index contributed by atoms with van der Waals surface area (Å²) >= 11 is 4.01. The molecule has 0 aliphatic carbocycles. The Kier molecular flexibility index (Phi) is 8.64. The minimum atomic E-state index is -0.0317.